The Labute approximate surface area is 234 Å². The number of amides is 2. The summed E-state index contributed by atoms with van der Waals surface area (Å²) < 4.78 is 25.8. The van der Waals surface area contributed by atoms with E-state index in [1.807, 2.05) is 30.3 Å². The van der Waals surface area contributed by atoms with Crippen molar-refractivity contribution in [1.82, 2.24) is 30.0 Å². The molecular formula is C26H24Cl2N6O4S. The summed E-state index contributed by atoms with van der Waals surface area (Å²) in [6, 6.07) is 12.4. The Hall–Kier alpha value is -3.54. The average molecular weight is 587 g/mol. The van der Waals surface area contributed by atoms with Gasteiger partial charge >= 0.3 is 0 Å². The summed E-state index contributed by atoms with van der Waals surface area (Å²) in [5.41, 5.74) is 2.15. The maximum atomic E-state index is 13.6. The minimum atomic E-state index is -3.78. The molecule has 0 bridgehead atoms. The number of carbonyl (C=O) groups is 2. The third-order valence-electron chi connectivity index (χ3n) is 6.75. The van der Waals surface area contributed by atoms with E-state index >= 15 is 0 Å². The number of carbonyl (C=O) groups excluding carboxylic acids is 2. The zero-order valence-corrected chi connectivity index (χ0v) is 23.3. The normalized spacial score (nSPS) is 17.8. The highest BCUT2D eigenvalue weighted by molar-refractivity contribution is 7.90. The molecule has 0 spiro atoms. The molecule has 1 N–H and O–H groups in total. The Bertz CT molecular complexity index is 1690. The van der Waals surface area contributed by atoms with Crippen LogP contribution in [0.2, 0.25) is 10.2 Å². The van der Waals surface area contributed by atoms with Crippen LogP contribution in [0.1, 0.15) is 38.6 Å². The first-order valence-corrected chi connectivity index (χ1v) is 14.7. The van der Waals surface area contributed by atoms with Crippen LogP contribution in [-0.2, 0) is 16.9 Å². The molecule has 2 aromatic carbocycles. The molecule has 2 atom stereocenters. The van der Waals surface area contributed by atoms with Crippen molar-refractivity contribution in [2.75, 3.05) is 19.3 Å². The molecule has 39 heavy (non-hydrogen) atoms. The molecule has 0 radical (unpaired) electrons. The number of halogens is 2. The third kappa shape index (κ3) is 5.34. The van der Waals surface area contributed by atoms with E-state index in [-0.39, 0.29) is 27.6 Å². The molecule has 2 aromatic heterocycles. The number of hydrogen-bond donors (Lipinski definition) is 1. The molecule has 3 heterocycles. The quantitative estimate of drug-likeness (QED) is 0.379. The summed E-state index contributed by atoms with van der Waals surface area (Å²) in [5, 5.41) is 6.78. The second-order valence-electron chi connectivity index (χ2n) is 9.39. The van der Waals surface area contributed by atoms with E-state index in [9.17, 15) is 18.0 Å². The fourth-order valence-electron chi connectivity index (χ4n) is 5.02. The third-order valence-corrected chi connectivity index (χ3v) is 8.47. The van der Waals surface area contributed by atoms with E-state index in [1.165, 1.54) is 19.4 Å². The van der Waals surface area contributed by atoms with E-state index < -0.39 is 21.8 Å². The Morgan fingerprint density at radius 1 is 1.08 bits per heavy atom. The topological polar surface area (TPSA) is 127 Å². The number of aryl methyl sites for hydroxylation is 1. The maximum absolute atomic E-state index is 13.6. The number of likely N-dealkylation sites (tertiary alicyclic amines) is 1. The Balaban J connectivity index is 1.44. The van der Waals surface area contributed by atoms with Crippen molar-refractivity contribution in [1.29, 1.82) is 0 Å². The number of piperidine rings is 1. The Morgan fingerprint density at radius 2 is 1.79 bits per heavy atom. The zero-order chi connectivity index (χ0) is 27.9. The minimum absolute atomic E-state index is 0.195. The predicted octanol–water partition coefficient (Wildman–Crippen LogP) is 3.50. The molecule has 202 valence electrons. The lowest BCUT2D eigenvalue weighted by atomic mass is 9.85. The fourth-order valence-corrected chi connectivity index (χ4v) is 6.71. The molecule has 1 aliphatic rings. The zero-order valence-electron chi connectivity index (χ0n) is 21.0. The second kappa shape index (κ2) is 10.6. The molecule has 0 aliphatic carbocycles. The van der Waals surface area contributed by atoms with Gasteiger partial charge in [-0.3, -0.25) is 24.2 Å². The van der Waals surface area contributed by atoms with Gasteiger partial charge in [-0.15, -0.1) is 0 Å². The average Bonchev–Trinajstić information content (AvgIpc) is 3.23. The van der Waals surface area contributed by atoms with Gasteiger partial charge in [0.25, 0.3) is 11.8 Å². The summed E-state index contributed by atoms with van der Waals surface area (Å²) >= 11 is 12.6. The van der Waals surface area contributed by atoms with Crippen LogP contribution in [0.25, 0.3) is 11.0 Å². The van der Waals surface area contributed by atoms with E-state index in [0.29, 0.717) is 41.1 Å². The van der Waals surface area contributed by atoms with Crippen LogP contribution in [0, 0.1) is 0 Å². The highest BCUT2D eigenvalue weighted by Gasteiger charge is 2.36. The molecule has 1 aliphatic heterocycles. The largest absolute Gasteiger partial charge is 0.348 e. The number of hydrogen-bond acceptors (Lipinski definition) is 7. The highest BCUT2D eigenvalue weighted by Crippen LogP contribution is 2.31. The standard InChI is InChI=1S/C26H24Cl2N6O4S/c1-33-26(39(2,37)38)21(23(28)32-33)24(35)31-19-8-11-34(14-17(19)15-6-4-3-5-7-15)25(36)16-12-18(27)22-20(13-16)29-9-10-30-22/h3-7,9-10,12-13,17,19H,8,11,14H2,1-2H3,(H,31,35)/t17-,19-/m1/s1. The monoisotopic (exact) mass is 586 g/mol. The van der Waals surface area contributed by atoms with Crippen LogP contribution in [0.4, 0.5) is 0 Å². The van der Waals surface area contributed by atoms with E-state index in [0.717, 1.165) is 16.5 Å². The first kappa shape index (κ1) is 27.0. The van der Waals surface area contributed by atoms with Crippen LogP contribution in [0.5, 0.6) is 0 Å². The maximum Gasteiger partial charge on any atom is 0.257 e. The molecule has 1 fully saturated rings. The van der Waals surface area contributed by atoms with Crippen LogP contribution in [0.15, 0.2) is 59.9 Å². The molecule has 2 amide bonds. The van der Waals surface area contributed by atoms with Crippen molar-refractivity contribution in [3.8, 4) is 0 Å². The van der Waals surface area contributed by atoms with Crippen LogP contribution in [0.3, 0.4) is 0 Å². The van der Waals surface area contributed by atoms with Gasteiger partial charge in [0.15, 0.2) is 20.0 Å². The summed E-state index contributed by atoms with van der Waals surface area (Å²) in [5.74, 6) is -1.13. The Morgan fingerprint density at radius 3 is 2.51 bits per heavy atom. The lowest BCUT2D eigenvalue weighted by Crippen LogP contribution is -2.51. The number of nitrogens with zero attached hydrogens (tertiary/aromatic N) is 5. The Kier molecular flexibility index (Phi) is 7.32. The molecule has 4 aromatic rings. The number of nitrogens with one attached hydrogen (secondary N) is 1. The lowest BCUT2D eigenvalue weighted by Gasteiger charge is -2.39. The molecular weight excluding hydrogens is 563 g/mol. The first-order valence-electron chi connectivity index (χ1n) is 12.0. The predicted molar refractivity (Wildman–Crippen MR) is 147 cm³/mol. The summed E-state index contributed by atoms with van der Waals surface area (Å²) in [4.78, 5) is 37.1. The first-order chi connectivity index (χ1) is 18.5. The SMILES string of the molecule is Cn1nc(Cl)c(C(=O)N[C@@H]2CCN(C(=O)c3cc(Cl)c4nccnc4c3)C[C@@H]2c2ccccc2)c1S(C)(=O)=O. The number of aromatic nitrogens is 4. The fraction of sp³-hybridized carbons (Fsp3) is 0.269. The van der Waals surface area contributed by atoms with E-state index in [2.05, 4.69) is 20.4 Å². The van der Waals surface area contributed by atoms with Crippen molar-refractivity contribution < 1.29 is 18.0 Å². The number of benzene rings is 2. The smallest absolute Gasteiger partial charge is 0.257 e. The van der Waals surface area contributed by atoms with Crippen LogP contribution >= 0.6 is 23.2 Å². The summed E-state index contributed by atoms with van der Waals surface area (Å²) in [6.45, 7) is 0.659. The van der Waals surface area contributed by atoms with Gasteiger partial charge in [-0.25, -0.2) is 8.42 Å². The summed E-state index contributed by atoms with van der Waals surface area (Å²) in [7, 11) is -2.37. The number of fused-ring (bicyclic) bond motifs is 1. The van der Waals surface area contributed by atoms with Crippen molar-refractivity contribution in [3.63, 3.8) is 0 Å². The molecule has 1 saturated heterocycles. The van der Waals surface area contributed by atoms with E-state index in [1.54, 1.807) is 17.0 Å². The van der Waals surface area contributed by atoms with Gasteiger partial charge in [-0.05, 0) is 24.1 Å². The molecule has 0 unspecified atom stereocenters. The second-order valence-corrected chi connectivity index (χ2v) is 12.1. The van der Waals surface area contributed by atoms with Gasteiger partial charge in [0.05, 0.1) is 10.5 Å². The van der Waals surface area contributed by atoms with Crippen molar-refractivity contribution in [2.24, 2.45) is 7.05 Å². The summed E-state index contributed by atoms with van der Waals surface area (Å²) in [6.07, 6.45) is 4.50. The van der Waals surface area contributed by atoms with Crippen molar-refractivity contribution >= 4 is 55.9 Å². The van der Waals surface area contributed by atoms with Gasteiger partial charge in [0, 0.05) is 56.3 Å². The van der Waals surface area contributed by atoms with E-state index in [4.69, 9.17) is 23.2 Å². The molecule has 13 heteroatoms. The molecule has 0 saturated carbocycles. The number of rotatable bonds is 5. The van der Waals surface area contributed by atoms with Gasteiger partial charge in [-0.2, -0.15) is 5.10 Å². The minimum Gasteiger partial charge on any atom is -0.348 e. The van der Waals surface area contributed by atoms with Gasteiger partial charge in [0.1, 0.15) is 11.1 Å². The lowest BCUT2D eigenvalue weighted by molar-refractivity contribution is 0.0671. The van der Waals surface area contributed by atoms with Crippen molar-refractivity contribution in [2.45, 2.75) is 23.4 Å². The molecule has 5 rings (SSSR count). The number of sulfone groups is 1. The van der Waals surface area contributed by atoms with Crippen molar-refractivity contribution in [3.05, 3.63) is 81.7 Å². The van der Waals surface area contributed by atoms with Gasteiger partial charge < -0.3 is 10.2 Å². The van der Waals surface area contributed by atoms with Crippen LogP contribution < -0.4 is 5.32 Å². The highest BCUT2D eigenvalue weighted by atomic mass is 35.5. The van der Waals surface area contributed by atoms with Gasteiger partial charge in [0.2, 0.25) is 0 Å². The molecule has 10 nitrogen and oxygen atoms in total. The van der Waals surface area contributed by atoms with Gasteiger partial charge in [-0.1, -0.05) is 53.5 Å². The van der Waals surface area contributed by atoms with Crippen LogP contribution in [-0.4, -0.2) is 70.3 Å².